The summed E-state index contributed by atoms with van der Waals surface area (Å²) in [5.74, 6) is -0.484. The number of rotatable bonds is 3. The van der Waals surface area contributed by atoms with Gasteiger partial charge in [0.2, 0.25) is 0 Å². The molecule has 0 fully saturated rings. The van der Waals surface area contributed by atoms with Gasteiger partial charge in [0.15, 0.2) is 0 Å². The van der Waals surface area contributed by atoms with Crippen LogP contribution >= 0.6 is 0 Å². The summed E-state index contributed by atoms with van der Waals surface area (Å²) in [5, 5.41) is 3.42. The third-order valence-corrected chi connectivity index (χ3v) is 3.53. The van der Waals surface area contributed by atoms with E-state index >= 15 is 0 Å². The van der Waals surface area contributed by atoms with E-state index in [0.717, 1.165) is 5.69 Å². The quantitative estimate of drug-likeness (QED) is 0.755. The molecule has 1 N–H and O–H groups in total. The lowest BCUT2D eigenvalue weighted by molar-refractivity contribution is 0.102. The molecular weight excluding hydrogens is 292 g/mol. The fraction of sp³-hybridized carbons (Fsp3) is 0.111. The van der Waals surface area contributed by atoms with Crippen LogP contribution in [0.5, 0.6) is 0 Å². The number of benzene rings is 2. The second-order valence-corrected chi connectivity index (χ2v) is 5.38. The maximum atomic E-state index is 12.3. The third kappa shape index (κ3) is 3.08. The highest BCUT2D eigenvalue weighted by Gasteiger charge is 2.13. The minimum atomic E-state index is -0.647. The van der Waals surface area contributed by atoms with Gasteiger partial charge in [0.25, 0.3) is 5.91 Å². The Balaban J connectivity index is 1.88. The summed E-state index contributed by atoms with van der Waals surface area (Å²) in [4.78, 5) is 26.3. The Morgan fingerprint density at radius 2 is 1.74 bits per heavy atom. The Morgan fingerprint density at radius 1 is 1.04 bits per heavy atom. The van der Waals surface area contributed by atoms with Gasteiger partial charge in [0, 0.05) is 30.9 Å². The molecule has 3 aromatic rings. The fourth-order valence-corrected chi connectivity index (χ4v) is 2.26. The van der Waals surface area contributed by atoms with Gasteiger partial charge in [-0.1, -0.05) is 18.2 Å². The van der Waals surface area contributed by atoms with E-state index in [1.54, 1.807) is 36.4 Å². The molecule has 0 bridgehead atoms. The maximum absolute atomic E-state index is 12.3. The summed E-state index contributed by atoms with van der Waals surface area (Å²) in [5.41, 5.74) is 1.44. The molecule has 5 nitrogen and oxygen atoms in total. The van der Waals surface area contributed by atoms with Crippen molar-refractivity contribution in [3.05, 3.63) is 70.6 Å². The highest BCUT2D eigenvalue weighted by Crippen LogP contribution is 2.17. The Bertz CT molecular complexity index is 911. The first-order valence-corrected chi connectivity index (χ1v) is 7.16. The Kier molecular flexibility index (Phi) is 3.85. The predicted molar refractivity (Wildman–Crippen MR) is 91.2 cm³/mol. The lowest BCUT2D eigenvalue weighted by Crippen LogP contribution is -2.20. The molecule has 0 aliphatic carbocycles. The number of nitrogens with zero attached hydrogens (tertiary/aromatic N) is 1. The molecule has 0 spiro atoms. The van der Waals surface area contributed by atoms with Gasteiger partial charge in [-0.25, -0.2) is 4.79 Å². The summed E-state index contributed by atoms with van der Waals surface area (Å²) in [7, 11) is 3.88. The number of para-hydroxylation sites is 1. The van der Waals surface area contributed by atoms with E-state index in [-0.39, 0.29) is 5.56 Å². The zero-order valence-corrected chi connectivity index (χ0v) is 12.9. The van der Waals surface area contributed by atoms with Gasteiger partial charge in [0.1, 0.15) is 11.1 Å². The number of hydrogen-bond donors (Lipinski definition) is 1. The summed E-state index contributed by atoms with van der Waals surface area (Å²) in [6.45, 7) is 0. The van der Waals surface area contributed by atoms with Gasteiger partial charge >= 0.3 is 5.63 Å². The molecule has 0 aliphatic heterocycles. The van der Waals surface area contributed by atoms with Crippen LogP contribution < -0.4 is 15.8 Å². The van der Waals surface area contributed by atoms with E-state index in [1.165, 1.54) is 0 Å². The summed E-state index contributed by atoms with van der Waals surface area (Å²) in [6.07, 6.45) is 0. The van der Waals surface area contributed by atoms with Crippen molar-refractivity contribution in [2.75, 3.05) is 24.3 Å². The number of carbonyl (C=O) groups excluding carboxylic acids is 1. The van der Waals surface area contributed by atoms with Crippen molar-refractivity contribution in [3.8, 4) is 0 Å². The molecule has 0 unspecified atom stereocenters. The molecule has 2 aromatic carbocycles. The SMILES string of the molecule is CN(C)c1ccc(NC(=O)c2cc3ccccc3oc2=O)cc1. The average Bonchev–Trinajstić information content (AvgIpc) is 2.54. The number of amides is 1. The lowest BCUT2D eigenvalue weighted by atomic mass is 10.1. The van der Waals surface area contributed by atoms with E-state index in [1.807, 2.05) is 37.2 Å². The van der Waals surface area contributed by atoms with Crippen molar-refractivity contribution >= 4 is 28.3 Å². The van der Waals surface area contributed by atoms with Crippen LogP contribution in [0.1, 0.15) is 10.4 Å². The van der Waals surface area contributed by atoms with Gasteiger partial charge in [-0.3, -0.25) is 4.79 Å². The first kappa shape index (κ1) is 14.8. The van der Waals surface area contributed by atoms with Crippen molar-refractivity contribution in [2.45, 2.75) is 0 Å². The standard InChI is InChI=1S/C18H16N2O3/c1-20(2)14-9-7-13(8-10-14)19-17(21)15-11-12-5-3-4-6-16(12)23-18(15)22/h3-11H,1-2H3,(H,19,21). The van der Waals surface area contributed by atoms with Crippen molar-refractivity contribution in [3.63, 3.8) is 0 Å². The minimum Gasteiger partial charge on any atom is -0.422 e. The topological polar surface area (TPSA) is 62.6 Å². The molecular formula is C18H16N2O3. The number of anilines is 2. The summed E-state index contributed by atoms with van der Waals surface area (Å²) >= 11 is 0. The van der Waals surface area contributed by atoms with Crippen LogP contribution in [0.25, 0.3) is 11.0 Å². The number of carbonyl (C=O) groups is 1. The van der Waals surface area contributed by atoms with Gasteiger partial charge in [0.05, 0.1) is 0 Å². The van der Waals surface area contributed by atoms with Crippen LogP contribution in [0.3, 0.4) is 0 Å². The molecule has 23 heavy (non-hydrogen) atoms. The second-order valence-electron chi connectivity index (χ2n) is 5.38. The molecule has 5 heteroatoms. The molecule has 116 valence electrons. The van der Waals surface area contributed by atoms with Gasteiger partial charge in [-0.15, -0.1) is 0 Å². The Labute approximate surface area is 133 Å². The maximum Gasteiger partial charge on any atom is 0.349 e. The Hall–Kier alpha value is -3.08. The number of hydrogen-bond acceptors (Lipinski definition) is 4. The van der Waals surface area contributed by atoms with E-state index in [9.17, 15) is 9.59 Å². The summed E-state index contributed by atoms with van der Waals surface area (Å²) in [6, 6.07) is 16.0. The first-order valence-electron chi connectivity index (χ1n) is 7.16. The number of nitrogens with one attached hydrogen (secondary N) is 1. The molecule has 3 rings (SSSR count). The van der Waals surface area contributed by atoms with Crippen LogP contribution in [0.4, 0.5) is 11.4 Å². The second kappa shape index (κ2) is 5.96. The van der Waals surface area contributed by atoms with E-state index in [2.05, 4.69) is 5.32 Å². The zero-order valence-electron chi connectivity index (χ0n) is 12.9. The average molecular weight is 308 g/mol. The molecule has 0 atom stereocenters. The zero-order chi connectivity index (χ0) is 16.4. The highest BCUT2D eigenvalue weighted by molar-refractivity contribution is 6.05. The largest absolute Gasteiger partial charge is 0.422 e. The monoisotopic (exact) mass is 308 g/mol. The minimum absolute atomic E-state index is 0.0135. The molecule has 0 radical (unpaired) electrons. The van der Waals surface area contributed by atoms with Gasteiger partial charge < -0.3 is 14.6 Å². The molecule has 1 aromatic heterocycles. The van der Waals surface area contributed by atoms with Gasteiger partial charge in [-0.2, -0.15) is 0 Å². The normalized spacial score (nSPS) is 10.5. The molecule has 1 amide bonds. The lowest BCUT2D eigenvalue weighted by Gasteiger charge is -2.13. The van der Waals surface area contributed by atoms with Crippen LogP contribution in [0.15, 0.2) is 63.8 Å². The van der Waals surface area contributed by atoms with Crippen molar-refractivity contribution < 1.29 is 9.21 Å². The Morgan fingerprint density at radius 3 is 2.43 bits per heavy atom. The van der Waals surface area contributed by atoms with Crippen LogP contribution in [0.2, 0.25) is 0 Å². The first-order chi connectivity index (χ1) is 11.0. The van der Waals surface area contributed by atoms with E-state index < -0.39 is 11.5 Å². The van der Waals surface area contributed by atoms with Crippen LogP contribution in [0, 0.1) is 0 Å². The smallest absolute Gasteiger partial charge is 0.349 e. The predicted octanol–water partition coefficient (Wildman–Crippen LogP) is 3.11. The van der Waals surface area contributed by atoms with Crippen LogP contribution in [-0.2, 0) is 0 Å². The molecule has 0 saturated carbocycles. The fourth-order valence-electron chi connectivity index (χ4n) is 2.26. The van der Waals surface area contributed by atoms with E-state index in [4.69, 9.17) is 4.42 Å². The van der Waals surface area contributed by atoms with Crippen molar-refractivity contribution in [1.29, 1.82) is 0 Å². The van der Waals surface area contributed by atoms with E-state index in [0.29, 0.717) is 16.7 Å². The third-order valence-electron chi connectivity index (χ3n) is 3.53. The van der Waals surface area contributed by atoms with Crippen LogP contribution in [-0.4, -0.2) is 20.0 Å². The van der Waals surface area contributed by atoms with Crippen molar-refractivity contribution in [1.82, 2.24) is 0 Å². The van der Waals surface area contributed by atoms with Gasteiger partial charge in [-0.05, 0) is 36.4 Å². The highest BCUT2D eigenvalue weighted by atomic mass is 16.4. The number of fused-ring (bicyclic) bond motifs is 1. The molecule has 1 heterocycles. The summed E-state index contributed by atoms with van der Waals surface area (Å²) < 4.78 is 5.18. The van der Waals surface area contributed by atoms with Crippen molar-refractivity contribution in [2.24, 2.45) is 0 Å². The molecule has 0 saturated heterocycles. The molecule has 0 aliphatic rings.